The van der Waals surface area contributed by atoms with Crippen LogP contribution in [0.2, 0.25) is 0 Å². The SMILES string of the molecule is Cl.NCc1cc2cnc(N)cc2o1. The second kappa shape index (κ2) is 3.64. The van der Waals surface area contributed by atoms with Crippen LogP contribution in [0.1, 0.15) is 5.76 Å². The van der Waals surface area contributed by atoms with Gasteiger partial charge in [-0.15, -0.1) is 12.4 Å². The summed E-state index contributed by atoms with van der Waals surface area (Å²) in [4.78, 5) is 3.93. The van der Waals surface area contributed by atoms with Crippen molar-refractivity contribution in [3.63, 3.8) is 0 Å². The summed E-state index contributed by atoms with van der Waals surface area (Å²) < 4.78 is 5.35. The zero-order valence-corrected chi connectivity index (χ0v) is 7.67. The number of halogens is 1. The van der Waals surface area contributed by atoms with E-state index in [1.165, 1.54) is 0 Å². The molecule has 0 saturated heterocycles. The van der Waals surface area contributed by atoms with Gasteiger partial charge in [0.15, 0.2) is 0 Å². The predicted molar refractivity (Wildman–Crippen MR) is 53.6 cm³/mol. The van der Waals surface area contributed by atoms with Crippen LogP contribution in [0, 0.1) is 0 Å². The highest BCUT2D eigenvalue weighted by atomic mass is 35.5. The first-order valence-electron chi connectivity index (χ1n) is 3.63. The van der Waals surface area contributed by atoms with Crippen LogP contribution in [0.25, 0.3) is 11.0 Å². The molecule has 0 aliphatic rings. The molecule has 4 N–H and O–H groups in total. The highest BCUT2D eigenvalue weighted by Crippen LogP contribution is 2.19. The van der Waals surface area contributed by atoms with Gasteiger partial charge in [-0.3, -0.25) is 0 Å². The summed E-state index contributed by atoms with van der Waals surface area (Å²) in [6.07, 6.45) is 1.67. The molecule has 0 unspecified atom stereocenters. The average molecular weight is 200 g/mol. The molecule has 2 rings (SSSR count). The number of hydrogen-bond acceptors (Lipinski definition) is 4. The van der Waals surface area contributed by atoms with Gasteiger partial charge in [-0.2, -0.15) is 0 Å². The maximum Gasteiger partial charge on any atom is 0.139 e. The summed E-state index contributed by atoms with van der Waals surface area (Å²) in [6, 6.07) is 3.55. The number of furan rings is 1. The minimum atomic E-state index is 0. The molecule has 0 aliphatic carbocycles. The molecule has 13 heavy (non-hydrogen) atoms. The fourth-order valence-corrected chi connectivity index (χ4v) is 1.10. The van der Waals surface area contributed by atoms with E-state index >= 15 is 0 Å². The zero-order chi connectivity index (χ0) is 8.55. The predicted octanol–water partition coefficient (Wildman–Crippen LogP) is 1.29. The van der Waals surface area contributed by atoms with Gasteiger partial charge in [0.05, 0.1) is 6.54 Å². The Hall–Kier alpha value is -1.26. The van der Waals surface area contributed by atoms with E-state index in [4.69, 9.17) is 15.9 Å². The van der Waals surface area contributed by atoms with Crippen LogP contribution in [-0.2, 0) is 6.54 Å². The Morgan fingerprint density at radius 2 is 2.15 bits per heavy atom. The minimum absolute atomic E-state index is 0. The van der Waals surface area contributed by atoms with Crippen molar-refractivity contribution in [3.05, 3.63) is 24.1 Å². The molecule has 4 nitrogen and oxygen atoms in total. The Kier molecular flexibility index (Phi) is 2.75. The van der Waals surface area contributed by atoms with E-state index in [0.717, 1.165) is 16.7 Å². The maximum absolute atomic E-state index is 5.47. The van der Waals surface area contributed by atoms with Crippen LogP contribution < -0.4 is 11.5 Å². The number of aromatic nitrogens is 1. The molecular formula is C8H10ClN3O. The van der Waals surface area contributed by atoms with Crippen LogP contribution in [0.4, 0.5) is 5.82 Å². The highest BCUT2D eigenvalue weighted by Gasteiger charge is 2.01. The summed E-state index contributed by atoms with van der Waals surface area (Å²) in [5.74, 6) is 1.21. The largest absolute Gasteiger partial charge is 0.460 e. The summed E-state index contributed by atoms with van der Waals surface area (Å²) >= 11 is 0. The van der Waals surface area contributed by atoms with Crippen LogP contribution in [0.3, 0.4) is 0 Å². The van der Waals surface area contributed by atoms with Crippen molar-refractivity contribution in [1.82, 2.24) is 4.98 Å². The molecule has 0 spiro atoms. The lowest BCUT2D eigenvalue weighted by Crippen LogP contribution is -1.92. The van der Waals surface area contributed by atoms with Crippen molar-refractivity contribution >= 4 is 29.2 Å². The molecule has 0 aliphatic heterocycles. The molecule has 0 atom stereocenters. The van der Waals surface area contributed by atoms with E-state index < -0.39 is 0 Å². The summed E-state index contributed by atoms with van der Waals surface area (Å²) in [5.41, 5.74) is 11.6. The Bertz CT molecular complexity index is 413. The molecule has 0 radical (unpaired) electrons. The van der Waals surface area contributed by atoms with Crippen LogP contribution in [0.5, 0.6) is 0 Å². The number of nitrogen functional groups attached to an aromatic ring is 1. The number of fused-ring (bicyclic) bond motifs is 1. The lowest BCUT2D eigenvalue weighted by atomic mass is 10.3. The van der Waals surface area contributed by atoms with E-state index in [2.05, 4.69) is 4.98 Å². The minimum Gasteiger partial charge on any atom is -0.460 e. The monoisotopic (exact) mass is 199 g/mol. The highest BCUT2D eigenvalue weighted by molar-refractivity contribution is 5.85. The van der Waals surface area contributed by atoms with E-state index in [-0.39, 0.29) is 12.4 Å². The van der Waals surface area contributed by atoms with Crippen LogP contribution >= 0.6 is 12.4 Å². The van der Waals surface area contributed by atoms with Crippen LogP contribution in [0.15, 0.2) is 22.7 Å². The van der Waals surface area contributed by atoms with Crippen molar-refractivity contribution in [2.24, 2.45) is 5.73 Å². The summed E-state index contributed by atoms with van der Waals surface area (Å²) in [6.45, 7) is 0.397. The average Bonchev–Trinajstić information content (AvgIpc) is 2.46. The van der Waals surface area contributed by atoms with Crippen molar-refractivity contribution in [1.29, 1.82) is 0 Å². The molecule has 0 aromatic carbocycles. The summed E-state index contributed by atoms with van der Waals surface area (Å²) in [5, 5.41) is 0.935. The Morgan fingerprint density at radius 1 is 1.38 bits per heavy atom. The van der Waals surface area contributed by atoms with E-state index in [0.29, 0.717) is 12.4 Å². The fourth-order valence-electron chi connectivity index (χ4n) is 1.10. The van der Waals surface area contributed by atoms with Gasteiger partial charge >= 0.3 is 0 Å². The number of nitrogens with two attached hydrogens (primary N) is 2. The lowest BCUT2D eigenvalue weighted by molar-refractivity contribution is 0.552. The molecule has 5 heteroatoms. The Morgan fingerprint density at radius 3 is 2.85 bits per heavy atom. The first-order chi connectivity index (χ1) is 5.79. The van der Waals surface area contributed by atoms with Crippen molar-refractivity contribution < 1.29 is 4.42 Å². The van der Waals surface area contributed by atoms with Crippen LogP contribution in [-0.4, -0.2) is 4.98 Å². The molecule has 0 amide bonds. The van der Waals surface area contributed by atoms with Gasteiger partial charge in [-0.1, -0.05) is 0 Å². The van der Waals surface area contributed by atoms with Gasteiger partial charge in [0.25, 0.3) is 0 Å². The van der Waals surface area contributed by atoms with Gasteiger partial charge in [0, 0.05) is 17.6 Å². The molecule has 2 heterocycles. The van der Waals surface area contributed by atoms with Gasteiger partial charge in [0.2, 0.25) is 0 Å². The molecule has 0 saturated carbocycles. The number of rotatable bonds is 1. The number of pyridine rings is 1. The maximum atomic E-state index is 5.47. The Balaban J connectivity index is 0.000000845. The first-order valence-corrected chi connectivity index (χ1v) is 3.63. The molecular weight excluding hydrogens is 190 g/mol. The second-order valence-corrected chi connectivity index (χ2v) is 2.56. The van der Waals surface area contributed by atoms with Gasteiger partial charge in [0.1, 0.15) is 17.2 Å². The Labute approximate surface area is 81.3 Å². The van der Waals surface area contributed by atoms with Gasteiger partial charge in [-0.05, 0) is 6.07 Å². The summed E-state index contributed by atoms with van der Waals surface area (Å²) in [7, 11) is 0. The number of nitrogens with zero attached hydrogens (tertiary/aromatic N) is 1. The third-order valence-electron chi connectivity index (χ3n) is 1.67. The second-order valence-electron chi connectivity index (χ2n) is 2.56. The molecule has 0 fully saturated rings. The van der Waals surface area contributed by atoms with Crippen molar-refractivity contribution in [2.45, 2.75) is 6.54 Å². The topological polar surface area (TPSA) is 78.1 Å². The molecule has 2 aromatic rings. The lowest BCUT2D eigenvalue weighted by Gasteiger charge is -1.89. The van der Waals surface area contributed by atoms with Gasteiger partial charge < -0.3 is 15.9 Å². The van der Waals surface area contributed by atoms with E-state index in [1.807, 2.05) is 6.07 Å². The number of hydrogen-bond donors (Lipinski definition) is 2. The van der Waals surface area contributed by atoms with Crippen molar-refractivity contribution in [2.75, 3.05) is 5.73 Å². The zero-order valence-electron chi connectivity index (χ0n) is 6.86. The standard InChI is InChI=1S/C8H9N3O.ClH/c9-3-6-1-5-4-11-8(10)2-7(5)12-6;/h1-2,4H,3,9H2,(H2,10,11);1H. The normalized spacial score (nSPS) is 9.92. The third kappa shape index (κ3) is 1.74. The van der Waals surface area contributed by atoms with E-state index in [9.17, 15) is 0 Å². The van der Waals surface area contributed by atoms with Gasteiger partial charge in [-0.25, -0.2) is 4.98 Å². The van der Waals surface area contributed by atoms with E-state index in [1.54, 1.807) is 12.3 Å². The quantitative estimate of drug-likeness (QED) is 0.726. The first kappa shape index (κ1) is 9.83. The molecule has 70 valence electrons. The molecule has 0 bridgehead atoms. The smallest absolute Gasteiger partial charge is 0.139 e. The number of anilines is 1. The molecule has 2 aromatic heterocycles. The third-order valence-corrected chi connectivity index (χ3v) is 1.67. The fraction of sp³-hybridized carbons (Fsp3) is 0.125. The van der Waals surface area contributed by atoms with Crippen molar-refractivity contribution in [3.8, 4) is 0 Å².